The summed E-state index contributed by atoms with van der Waals surface area (Å²) >= 11 is 4.50. The van der Waals surface area contributed by atoms with E-state index in [4.69, 9.17) is 4.74 Å². The number of alkyl halides is 6. The van der Waals surface area contributed by atoms with E-state index < -0.39 is 22.0 Å². The first-order valence-corrected chi connectivity index (χ1v) is 5.58. The molecule has 0 amide bonds. The summed E-state index contributed by atoms with van der Waals surface area (Å²) in [5, 5.41) is 0. The first-order chi connectivity index (χ1) is 6.20. The average molecular weight is 346 g/mol. The summed E-state index contributed by atoms with van der Waals surface area (Å²) in [5.74, 6) is -4.09. The van der Waals surface area contributed by atoms with Crippen molar-refractivity contribution in [2.75, 3.05) is 13.2 Å². The summed E-state index contributed by atoms with van der Waals surface area (Å²) < 4.78 is 54.8. The van der Waals surface area contributed by atoms with Crippen LogP contribution < -0.4 is 0 Å². The smallest absolute Gasteiger partial charge is 0.363 e. The lowest BCUT2D eigenvalue weighted by molar-refractivity contribution is -0.152. The van der Waals surface area contributed by atoms with Gasteiger partial charge in [-0.25, -0.2) is 0 Å². The normalized spacial score (nSPS) is 15.6. The standard InChI is InChI=1S/C7H10Br2F4O/c1-2-14-4-5(8)3-6(10,11)7(9,12)13/h5H,2-4H2,1H3. The van der Waals surface area contributed by atoms with Crippen LogP contribution in [0.15, 0.2) is 0 Å². The van der Waals surface area contributed by atoms with Crippen molar-refractivity contribution in [1.29, 1.82) is 0 Å². The van der Waals surface area contributed by atoms with E-state index >= 15 is 0 Å². The maximum atomic E-state index is 12.7. The van der Waals surface area contributed by atoms with Crippen molar-refractivity contribution < 1.29 is 22.3 Å². The molecule has 0 rings (SSSR count). The first kappa shape index (κ1) is 14.6. The van der Waals surface area contributed by atoms with Crippen molar-refractivity contribution in [2.24, 2.45) is 0 Å². The Kier molecular flexibility index (Phi) is 5.91. The minimum Gasteiger partial charge on any atom is -0.381 e. The van der Waals surface area contributed by atoms with Crippen LogP contribution in [0.25, 0.3) is 0 Å². The fraction of sp³-hybridized carbons (Fsp3) is 1.00. The molecule has 0 aliphatic carbocycles. The molecule has 7 heteroatoms. The molecule has 0 aromatic rings. The molecule has 0 aliphatic rings. The van der Waals surface area contributed by atoms with Crippen LogP contribution >= 0.6 is 31.9 Å². The second-order valence-corrected chi connectivity index (χ2v) is 4.95. The van der Waals surface area contributed by atoms with Gasteiger partial charge in [-0.2, -0.15) is 17.6 Å². The zero-order valence-electron chi connectivity index (χ0n) is 7.37. The first-order valence-electron chi connectivity index (χ1n) is 3.87. The van der Waals surface area contributed by atoms with E-state index in [0.29, 0.717) is 6.61 Å². The summed E-state index contributed by atoms with van der Waals surface area (Å²) in [4.78, 5) is -4.97. The number of hydrogen-bond donors (Lipinski definition) is 0. The lowest BCUT2D eigenvalue weighted by Gasteiger charge is -2.23. The SMILES string of the molecule is CCOCC(Br)CC(F)(F)C(F)(F)Br. The predicted molar refractivity (Wildman–Crippen MR) is 52.6 cm³/mol. The maximum absolute atomic E-state index is 12.7. The van der Waals surface area contributed by atoms with E-state index in [1.165, 1.54) is 0 Å². The molecule has 0 aliphatic heterocycles. The lowest BCUT2D eigenvalue weighted by Crippen LogP contribution is -2.38. The van der Waals surface area contributed by atoms with Gasteiger partial charge in [0.2, 0.25) is 0 Å². The third-order valence-electron chi connectivity index (χ3n) is 1.40. The minimum atomic E-state index is -4.18. The van der Waals surface area contributed by atoms with Gasteiger partial charge in [-0.15, -0.1) is 0 Å². The Labute approximate surface area is 96.4 Å². The zero-order valence-corrected chi connectivity index (χ0v) is 10.5. The highest BCUT2D eigenvalue weighted by molar-refractivity contribution is 9.10. The highest BCUT2D eigenvalue weighted by Crippen LogP contribution is 2.43. The van der Waals surface area contributed by atoms with Crippen LogP contribution in [0.5, 0.6) is 0 Å². The molecular formula is C7H10Br2F4O. The van der Waals surface area contributed by atoms with Crippen molar-refractivity contribution in [3.05, 3.63) is 0 Å². The molecule has 0 N–H and O–H groups in total. The van der Waals surface area contributed by atoms with Gasteiger partial charge >= 0.3 is 10.8 Å². The van der Waals surface area contributed by atoms with Crippen molar-refractivity contribution in [3.8, 4) is 0 Å². The molecule has 0 aromatic heterocycles. The van der Waals surface area contributed by atoms with E-state index in [1.807, 2.05) is 0 Å². The summed E-state index contributed by atoms with van der Waals surface area (Å²) in [6.07, 6.45) is -0.981. The van der Waals surface area contributed by atoms with Crippen molar-refractivity contribution in [2.45, 2.75) is 28.9 Å². The summed E-state index contributed by atoms with van der Waals surface area (Å²) in [7, 11) is 0. The topological polar surface area (TPSA) is 9.23 Å². The molecule has 0 saturated carbocycles. The fourth-order valence-electron chi connectivity index (χ4n) is 0.699. The van der Waals surface area contributed by atoms with Gasteiger partial charge < -0.3 is 4.74 Å². The van der Waals surface area contributed by atoms with Gasteiger partial charge in [-0.05, 0) is 22.9 Å². The second-order valence-electron chi connectivity index (χ2n) is 2.66. The third kappa shape index (κ3) is 4.93. The Morgan fingerprint density at radius 3 is 2.14 bits per heavy atom. The molecule has 1 atom stereocenters. The van der Waals surface area contributed by atoms with E-state index in [0.717, 1.165) is 0 Å². The van der Waals surface area contributed by atoms with Gasteiger partial charge in [-0.3, -0.25) is 0 Å². The highest BCUT2D eigenvalue weighted by Gasteiger charge is 2.54. The second kappa shape index (κ2) is 5.65. The van der Waals surface area contributed by atoms with Gasteiger partial charge in [0.1, 0.15) is 0 Å². The van der Waals surface area contributed by atoms with E-state index in [2.05, 4.69) is 15.9 Å². The minimum absolute atomic E-state index is 0.0187. The van der Waals surface area contributed by atoms with Crippen molar-refractivity contribution in [3.63, 3.8) is 0 Å². The number of rotatable bonds is 6. The van der Waals surface area contributed by atoms with Crippen LogP contribution in [0.4, 0.5) is 17.6 Å². The molecule has 1 unspecified atom stereocenters. The molecule has 0 spiro atoms. The Hall–Kier alpha value is 0.640. The number of halogens is 6. The molecule has 0 aromatic carbocycles. The summed E-state index contributed by atoms with van der Waals surface area (Å²) in [5.41, 5.74) is 0. The van der Waals surface area contributed by atoms with Gasteiger partial charge in [0.15, 0.2) is 0 Å². The van der Waals surface area contributed by atoms with Gasteiger partial charge in [0.25, 0.3) is 0 Å². The van der Waals surface area contributed by atoms with Gasteiger partial charge in [0.05, 0.1) is 6.61 Å². The average Bonchev–Trinajstić information content (AvgIpc) is 1.97. The van der Waals surface area contributed by atoms with Crippen LogP contribution in [-0.4, -0.2) is 28.8 Å². The molecule has 0 bridgehead atoms. The van der Waals surface area contributed by atoms with Gasteiger partial charge in [-0.1, -0.05) is 15.9 Å². The van der Waals surface area contributed by atoms with E-state index in [9.17, 15) is 17.6 Å². The van der Waals surface area contributed by atoms with Gasteiger partial charge in [0, 0.05) is 17.9 Å². The van der Waals surface area contributed by atoms with Crippen LogP contribution in [-0.2, 0) is 4.74 Å². The van der Waals surface area contributed by atoms with Crippen molar-refractivity contribution >= 4 is 31.9 Å². The zero-order chi connectivity index (χ0) is 11.4. The molecule has 1 nitrogen and oxygen atoms in total. The largest absolute Gasteiger partial charge is 0.381 e. The Bertz CT molecular complexity index is 172. The number of hydrogen-bond acceptors (Lipinski definition) is 1. The monoisotopic (exact) mass is 344 g/mol. The van der Waals surface area contributed by atoms with Crippen LogP contribution in [0, 0.1) is 0 Å². The van der Waals surface area contributed by atoms with Crippen LogP contribution in [0.2, 0.25) is 0 Å². The van der Waals surface area contributed by atoms with Crippen molar-refractivity contribution in [1.82, 2.24) is 0 Å². The predicted octanol–water partition coefficient (Wildman–Crippen LogP) is 3.80. The fourth-order valence-corrected chi connectivity index (χ4v) is 1.45. The van der Waals surface area contributed by atoms with E-state index in [-0.39, 0.29) is 6.61 Å². The Morgan fingerprint density at radius 2 is 1.79 bits per heavy atom. The Morgan fingerprint density at radius 1 is 1.29 bits per heavy atom. The molecule has 0 radical (unpaired) electrons. The molecule has 86 valence electrons. The third-order valence-corrected chi connectivity index (χ3v) is 2.56. The van der Waals surface area contributed by atoms with E-state index in [1.54, 1.807) is 22.9 Å². The maximum Gasteiger partial charge on any atom is 0.363 e. The number of ether oxygens (including phenoxy) is 1. The van der Waals surface area contributed by atoms with Crippen LogP contribution in [0.1, 0.15) is 13.3 Å². The van der Waals surface area contributed by atoms with Crippen LogP contribution in [0.3, 0.4) is 0 Å². The molecule has 0 saturated heterocycles. The Balaban J connectivity index is 4.08. The molecule has 14 heavy (non-hydrogen) atoms. The quantitative estimate of drug-likeness (QED) is 0.525. The summed E-state index contributed by atoms with van der Waals surface area (Å²) in [6, 6.07) is 0. The summed E-state index contributed by atoms with van der Waals surface area (Å²) in [6.45, 7) is 2.03. The molecule has 0 heterocycles. The molecule has 0 fully saturated rings. The molecular weight excluding hydrogens is 336 g/mol. The highest BCUT2D eigenvalue weighted by atomic mass is 79.9. The lowest BCUT2D eigenvalue weighted by atomic mass is 10.2.